The van der Waals surface area contributed by atoms with Crippen LogP contribution in [0.3, 0.4) is 0 Å². The topological polar surface area (TPSA) is 72.2 Å². The minimum atomic E-state index is -0.510. The van der Waals surface area contributed by atoms with Crippen LogP contribution in [0.5, 0.6) is 0 Å². The Bertz CT molecular complexity index is 192. The first-order valence-corrected chi connectivity index (χ1v) is 4.55. The van der Waals surface area contributed by atoms with E-state index in [0.29, 0.717) is 5.92 Å². The van der Waals surface area contributed by atoms with Gasteiger partial charge in [0.2, 0.25) is 11.8 Å². The first kappa shape index (κ1) is 11.9. The Kier molecular flexibility index (Phi) is 5.11. The smallest absolute Gasteiger partial charge is 0.236 e. The van der Waals surface area contributed by atoms with Crippen molar-refractivity contribution in [3.63, 3.8) is 0 Å². The molecule has 3 N–H and O–H groups in total. The van der Waals surface area contributed by atoms with Crippen LogP contribution in [0, 0.1) is 11.8 Å². The van der Waals surface area contributed by atoms with E-state index in [0.717, 1.165) is 6.42 Å². The van der Waals surface area contributed by atoms with Gasteiger partial charge in [-0.2, -0.15) is 0 Å². The van der Waals surface area contributed by atoms with Crippen molar-refractivity contribution in [1.82, 2.24) is 5.32 Å². The third kappa shape index (κ3) is 4.50. The summed E-state index contributed by atoms with van der Waals surface area (Å²) in [5, 5.41) is 2.48. The zero-order valence-corrected chi connectivity index (χ0v) is 8.46. The molecular formula is C9H18N2O2. The molecule has 2 amide bonds. The van der Waals surface area contributed by atoms with Gasteiger partial charge in [-0.05, 0) is 5.92 Å². The molecule has 0 radical (unpaired) electrons. The molecule has 0 aliphatic heterocycles. The van der Waals surface area contributed by atoms with Gasteiger partial charge in [0.05, 0.1) is 6.54 Å². The van der Waals surface area contributed by atoms with Crippen LogP contribution in [0.15, 0.2) is 0 Å². The number of primary amides is 1. The first-order valence-electron chi connectivity index (χ1n) is 4.55. The van der Waals surface area contributed by atoms with Crippen molar-refractivity contribution in [2.75, 3.05) is 6.54 Å². The Morgan fingerprint density at radius 2 is 1.92 bits per heavy atom. The van der Waals surface area contributed by atoms with Crippen molar-refractivity contribution in [2.24, 2.45) is 17.6 Å². The molecule has 0 bridgehead atoms. The molecule has 4 nitrogen and oxygen atoms in total. The van der Waals surface area contributed by atoms with Crippen molar-refractivity contribution < 1.29 is 9.59 Å². The molecule has 0 heterocycles. The van der Waals surface area contributed by atoms with E-state index in [-0.39, 0.29) is 18.4 Å². The summed E-state index contributed by atoms with van der Waals surface area (Å²) in [7, 11) is 0. The molecule has 0 fully saturated rings. The number of rotatable bonds is 5. The lowest BCUT2D eigenvalue weighted by atomic mass is 9.93. The summed E-state index contributed by atoms with van der Waals surface area (Å²) < 4.78 is 0. The van der Waals surface area contributed by atoms with Gasteiger partial charge in [-0.25, -0.2) is 0 Å². The SMILES string of the molecule is CC[C@@H](C)[C@H](C)C(=O)NCC(N)=O. The van der Waals surface area contributed by atoms with Gasteiger partial charge in [-0.1, -0.05) is 27.2 Å². The Hall–Kier alpha value is -1.06. The number of amides is 2. The predicted molar refractivity (Wildman–Crippen MR) is 50.8 cm³/mol. The second-order valence-electron chi connectivity index (χ2n) is 3.36. The Morgan fingerprint density at radius 1 is 1.38 bits per heavy atom. The fourth-order valence-electron chi connectivity index (χ4n) is 0.947. The average Bonchev–Trinajstić information content (AvgIpc) is 2.11. The van der Waals surface area contributed by atoms with Crippen LogP contribution in [-0.2, 0) is 9.59 Å². The molecule has 76 valence electrons. The Balaban J connectivity index is 3.89. The van der Waals surface area contributed by atoms with E-state index >= 15 is 0 Å². The third-order valence-electron chi connectivity index (χ3n) is 2.35. The summed E-state index contributed by atoms with van der Waals surface area (Å²) in [6, 6.07) is 0. The molecule has 0 aliphatic carbocycles. The molecule has 0 saturated heterocycles. The largest absolute Gasteiger partial charge is 0.368 e. The highest BCUT2D eigenvalue weighted by molar-refractivity contribution is 5.84. The Morgan fingerprint density at radius 3 is 2.31 bits per heavy atom. The zero-order valence-electron chi connectivity index (χ0n) is 8.46. The first-order chi connectivity index (χ1) is 5.99. The quantitative estimate of drug-likeness (QED) is 0.647. The van der Waals surface area contributed by atoms with Crippen molar-refractivity contribution in [1.29, 1.82) is 0 Å². The van der Waals surface area contributed by atoms with Crippen LogP contribution in [0.4, 0.5) is 0 Å². The van der Waals surface area contributed by atoms with Gasteiger partial charge in [0, 0.05) is 5.92 Å². The second kappa shape index (κ2) is 5.56. The van der Waals surface area contributed by atoms with Crippen LogP contribution < -0.4 is 11.1 Å². The lowest BCUT2D eigenvalue weighted by molar-refractivity contribution is -0.128. The minimum Gasteiger partial charge on any atom is -0.368 e. The van der Waals surface area contributed by atoms with Crippen LogP contribution in [-0.4, -0.2) is 18.4 Å². The third-order valence-corrected chi connectivity index (χ3v) is 2.35. The highest BCUT2D eigenvalue weighted by Gasteiger charge is 2.18. The van der Waals surface area contributed by atoms with E-state index in [9.17, 15) is 9.59 Å². The molecule has 0 rings (SSSR count). The number of carbonyl (C=O) groups excluding carboxylic acids is 2. The maximum absolute atomic E-state index is 11.3. The van der Waals surface area contributed by atoms with Gasteiger partial charge in [0.1, 0.15) is 0 Å². The molecule has 13 heavy (non-hydrogen) atoms. The van der Waals surface area contributed by atoms with Crippen molar-refractivity contribution in [3.8, 4) is 0 Å². The van der Waals surface area contributed by atoms with Gasteiger partial charge in [0.25, 0.3) is 0 Å². The van der Waals surface area contributed by atoms with Crippen LogP contribution >= 0.6 is 0 Å². The summed E-state index contributed by atoms with van der Waals surface area (Å²) in [4.78, 5) is 21.7. The van der Waals surface area contributed by atoms with E-state index in [4.69, 9.17) is 5.73 Å². The molecule has 0 saturated carbocycles. The molecule has 0 aromatic heterocycles. The summed E-state index contributed by atoms with van der Waals surface area (Å²) >= 11 is 0. The Labute approximate surface area is 78.9 Å². The molecule has 4 heteroatoms. The summed E-state index contributed by atoms with van der Waals surface area (Å²) in [5.41, 5.74) is 4.90. The summed E-state index contributed by atoms with van der Waals surface area (Å²) in [5.74, 6) is -0.352. The summed E-state index contributed by atoms with van der Waals surface area (Å²) in [6.45, 7) is 5.82. The molecule has 0 aromatic rings. The minimum absolute atomic E-state index is 0.0654. The maximum Gasteiger partial charge on any atom is 0.236 e. The average molecular weight is 186 g/mol. The molecule has 0 aliphatic rings. The zero-order chi connectivity index (χ0) is 10.4. The van der Waals surface area contributed by atoms with Gasteiger partial charge in [0.15, 0.2) is 0 Å². The van der Waals surface area contributed by atoms with E-state index in [2.05, 4.69) is 5.32 Å². The standard InChI is InChI=1S/C9H18N2O2/c1-4-6(2)7(3)9(13)11-5-8(10)12/h6-7H,4-5H2,1-3H3,(H2,10,12)(H,11,13)/t6-,7+/m1/s1. The van der Waals surface area contributed by atoms with Crippen LogP contribution in [0.2, 0.25) is 0 Å². The van der Waals surface area contributed by atoms with Crippen molar-refractivity contribution in [2.45, 2.75) is 27.2 Å². The van der Waals surface area contributed by atoms with Crippen LogP contribution in [0.25, 0.3) is 0 Å². The normalized spacial score (nSPS) is 14.7. The molecular weight excluding hydrogens is 168 g/mol. The highest BCUT2D eigenvalue weighted by Crippen LogP contribution is 2.13. The molecule has 2 atom stereocenters. The number of hydrogen-bond donors (Lipinski definition) is 2. The molecule has 0 spiro atoms. The van der Waals surface area contributed by atoms with E-state index in [1.54, 1.807) is 0 Å². The van der Waals surface area contributed by atoms with Gasteiger partial charge in [-0.3, -0.25) is 9.59 Å². The van der Waals surface area contributed by atoms with Gasteiger partial charge >= 0.3 is 0 Å². The van der Waals surface area contributed by atoms with E-state index in [1.165, 1.54) is 0 Å². The number of nitrogens with two attached hydrogens (primary N) is 1. The van der Waals surface area contributed by atoms with E-state index < -0.39 is 5.91 Å². The predicted octanol–water partition coefficient (Wildman–Crippen LogP) is 0.270. The fraction of sp³-hybridized carbons (Fsp3) is 0.778. The van der Waals surface area contributed by atoms with Gasteiger partial charge < -0.3 is 11.1 Å². The highest BCUT2D eigenvalue weighted by atomic mass is 16.2. The number of carbonyl (C=O) groups is 2. The van der Waals surface area contributed by atoms with Crippen LogP contribution in [0.1, 0.15) is 27.2 Å². The lowest BCUT2D eigenvalue weighted by Gasteiger charge is -2.16. The van der Waals surface area contributed by atoms with Crippen molar-refractivity contribution >= 4 is 11.8 Å². The second-order valence-corrected chi connectivity index (χ2v) is 3.36. The molecule has 0 unspecified atom stereocenters. The van der Waals surface area contributed by atoms with Gasteiger partial charge in [-0.15, -0.1) is 0 Å². The fourth-order valence-corrected chi connectivity index (χ4v) is 0.947. The van der Waals surface area contributed by atoms with E-state index in [1.807, 2.05) is 20.8 Å². The summed E-state index contributed by atoms with van der Waals surface area (Å²) in [6.07, 6.45) is 0.950. The molecule has 0 aromatic carbocycles. The maximum atomic E-state index is 11.3. The number of nitrogens with one attached hydrogen (secondary N) is 1. The lowest BCUT2D eigenvalue weighted by Crippen LogP contribution is -2.38. The van der Waals surface area contributed by atoms with Crippen molar-refractivity contribution in [3.05, 3.63) is 0 Å². The number of hydrogen-bond acceptors (Lipinski definition) is 2. The monoisotopic (exact) mass is 186 g/mol.